The number of aliphatic carboxylic acids is 1. The Morgan fingerprint density at radius 2 is 2.12 bits per heavy atom. The molecule has 1 N–H and O–H groups in total. The quantitative estimate of drug-likeness (QED) is 0.739. The van der Waals surface area contributed by atoms with Crippen LogP contribution in [0.2, 0.25) is 0 Å². The van der Waals surface area contributed by atoms with Crippen molar-refractivity contribution >= 4 is 21.9 Å². The number of benzene rings is 1. The number of halogens is 1. The van der Waals surface area contributed by atoms with E-state index >= 15 is 0 Å². The first-order valence-electron chi connectivity index (χ1n) is 9.18. The minimum Gasteiger partial charge on any atom is -0.481 e. The number of hydrogen-bond acceptors (Lipinski definition) is 3. The minimum atomic E-state index is -0.733. The Balaban J connectivity index is 1.78. The summed E-state index contributed by atoms with van der Waals surface area (Å²) in [6, 6.07) is 6.16. The van der Waals surface area contributed by atoms with Gasteiger partial charge in [0.1, 0.15) is 0 Å². The van der Waals surface area contributed by atoms with Crippen molar-refractivity contribution in [1.82, 2.24) is 0 Å². The molecule has 0 radical (unpaired) electrons. The van der Waals surface area contributed by atoms with E-state index in [0.29, 0.717) is 25.6 Å². The van der Waals surface area contributed by atoms with Crippen LogP contribution in [0.5, 0.6) is 0 Å². The number of rotatable bonds is 5. The van der Waals surface area contributed by atoms with Gasteiger partial charge in [-0.05, 0) is 62.8 Å². The van der Waals surface area contributed by atoms with Gasteiger partial charge >= 0.3 is 5.97 Å². The SMILES string of the molecule is CC1CC(C(=O)O)CC(C)(c2ccc(Br)c(COC3CCCC3)c2)O1. The molecule has 3 rings (SSSR count). The van der Waals surface area contributed by atoms with Crippen LogP contribution in [-0.4, -0.2) is 23.3 Å². The van der Waals surface area contributed by atoms with Gasteiger partial charge in [-0.15, -0.1) is 0 Å². The summed E-state index contributed by atoms with van der Waals surface area (Å²) in [5.41, 5.74) is 1.54. The Hall–Kier alpha value is -0.910. The summed E-state index contributed by atoms with van der Waals surface area (Å²) in [4.78, 5) is 11.5. The normalized spacial score (nSPS) is 30.5. The summed E-state index contributed by atoms with van der Waals surface area (Å²) in [5, 5.41) is 9.46. The van der Waals surface area contributed by atoms with Crippen molar-refractivity contribution in [3.8, 4) is 0 Å². The second-order valence-corrected chi connectivity index (χ2v) is 8.51. The zero-order chi connectivity index (χ0) is 18.0. The molecule has 1 saturated carbocycles. The molecule has 0 aromatic heterocycles. The predicted octanol–water partition coefficient (Wildman–Crippen LogP) is 5.02. The average Bonchev–Trinajstić information content (AvgIpc) is 3.06. The summed E-state index contributed by atoms with van der Waals surface area (Å²) in [7, 11) is 0. The maximum absolute atomic E-state index is 11.5. The van der Waals surface area contributed by atoms with Crippen molar-refractivity contribution < 1.29 is 19.4 Å². The fraction of sp³-hybridized carbons (Fsp3) is 0.650. The summed E-state index contributed by atoms with van der Waals surface area (Å²) in [6.45, 7) is 4.53. The molecule has 138 valence electrons. The molecular weight excluding hydrogens is 384 g/mol. The number of ether oxygens (including phenoxy) is 2. The Morgan fingerprint density at radius 1 is 1.40 bits per heavy atom. The van der Waals surface area contributed by atoms with Gasteiger partial charge in [-0.25, -0.2) is 0 Å². The predicted molar refractivity (Wildman–Crippen MR) is 99.4 cm³/mol. The molecule has 1 aromatic carbocycles. The van der Waals surface area contributed by atoms with E-state index in [9.17, 15) is 9.90 Å². The van der Waals surface area contributed by atoms with Crippen LogP contribution in [0.3, 0.4) is 0 Å². The highest BCUT2D eigenvalue weighted by Gasteiger charge is 2.41. The molecule has 4 nitrogen and oxygen atoms in total. The Morgan fingerprint density at radius 3 is 2.80 bits per heavy atom. The van der Waals surface area contributed by atoms with Crippen molar-refractivity contribution in [3.05, 3.63) is 33.8 Å². The van der Waals surface area contributed by atoms with Crippen molar-refractivity contribution in [1.29, 1.82) is 0 Å². The van der Waals surface area contributed by atoms with Crippen LogP contribution in [0, 0.1) is 5.92 Å². The van der Waals surface area contributed by atoms with Crippen LogP contribution in [0.4, 0.5) is 0 Å². The highest BCUT2D eigenvalue weighted by atomic mass is 79.9. The van der Waals surface area contributed by atoms with Crippen LogP contribution in [0.15, 0.2) is 22.7 Å². The molecule has 3 atom stereocenters. The first-order valence-corrected chi connectivity index (χ1v) is 9.98. The van der Waals surface area contributed by atoms with Gasteiger partial charge in [0.25, 0.3) is 0 Å². The highest BCUT2D eigenvalue weighted by Crippen LogP contribution is 2.41. The van der Waals surface area contributed by atoms with E-state index in [1.165, 1.54) is 12.8 Å². The van der Waals surface area contributed by atoms with E-state index in [4.69, 9.17) is 9.47 Å². The molecule has 2 aliphatic rings. The molecule has 0 spiro atoms. The fourth-order valence-electron chi connectivity index (χ4n) is 4.15. The molecule has 0 amide bonds. The second kappa shape index (κ2) is 7.77. The largest absolute Gasteiger partial charge is 0.481 e. The third kappa shape index (κ3) is 4.44. The molecule has 0 bridgehead atoms. The van der Waals surface area contributed by atoms with Crippen LogP contribution in [0.25, 0.3) is 0 Å². The molecule has 1 aromatic rings. The van der Waals surface area contributed by atoms with E-state index in [1.54, 1.807) is 0 Å². The summed E-state index contributed by atoms with van der Waals surface area (Å²) < 4.78 is 13.3. The fourth-order valence-corrected chi connectivity index (χ4v) is 4.51. The lowest BCUT2D eigenvalue weighted by atomic mass is 9.80. The molecular formula is C20H27BrO4. The standard InChI is InChI=1S/C20H27BrO4/c1-13-9-14(19(22)23)11-20(2,25-13)16-7-8-18(21)15(10-16)12-24-17-5-3-4-6-17/h7-8,10,13-14,17H,3-6,9,11-12H2,1-2H3,(H,22,23). The van der Waals surface area contributed by atoms with Crippen molar-refractivity contribution in [2.45, 2.75) is 76.8 Å². The van der Waals surface area contributed by atoms with E-state index in [-0.39, 0.29) is 12.0 Å². The van der Waals surface area contributed by atoms with E-state index in [1.807, 2.05) is 26.0 Å². The van der Waals surface area contributed by atoms with Crippen LogP contribution in [0.1, 0.15) is 63.5 Å². The van der Waals surface area contributed by atoms with Gasteiger partial charge in [-0.2, -0.15) is 0 Å². The molecule has 1 heterocycles. The van der Waals surface area contributed by atoms with Crippen molar-refractivity contribution in [3.63, 3.8) is 0 Å². The molecule has 5 heteroatoms. The first kappa shape index (κ1) is 18.9. The van der Waals surface area contributed by atoms with Gasteiger partial charge in [0.05, 0.1) is 30.3 Å². The van der Waals surface area contributed by atoms with Gasteiger partial charge in [0, 0.05) is 4.47 Å². The Kier molecular flexibility index (Phi) is 5.86. The number of carboxylic acid groups (broad SMARTS) is 1. The number of carbonyl (C=O) groups is 1. The maximum atomic E-state index is 11.5. The third-order valence-electron chi connectivity index (χ3n) is 5.50. The summed E-state index contributed by atoms with van der Waals surface area (Å²) in [6.07, 6.45) is 6.18. The van der Waals surface area contributed by atoms with Crippen LogP contribution >= 0.6 is 15.9 Å². The Labute approximate surface area is 158 Å². The molecule has 25 heavy (non-hydrogen) atoms. The molecule has 3 unspecified atom stereocenters. The van der Waals surface area contributed by atoms with E-state index < -0.39 is 11.6 Å². The Bertz CT molecular complexity index is 626. The van der Waals surface area contributed by atoms with Crippen LogP contribution in [-0.2, 0) is 26.5 Å². The van der Waals surface area contributed by atoms with Crippen molar-refractivity contribution in [2.75, 3.05) is 0 Å². The molecule has 1 aliphatic heterocycles. The number of hydrogen-bond donors (Lipinski definition) is 1. The summed E-state index contributed by atoms with van der Waals surface area (Å²) >= 11 is 3.61. The highest BCUT2D eigenvalue weighted by molar-refractivity contribution is 9.10. The maximum Gasteiger partial charge on any atom is 0.306 e. The first-order chi connectivity index (χ1) is 11.9. The van der Waals surface area contributed by atoms with Crippen molar-refractivity contribution in [2.24, 2.45) is 5.92 Å². The smallest absolute Gasteiger partial charge is 0.306 e. The number of carboxylic acids is 1. The molecule has 2 fully saturated rings. The van der Waals surface area contributed by atoms with Gasteiger partial charge in [-0.1, -0.05) is 34.8 Å². The van der Waals surface area contributed by atoms with Crippen LogP contribution < -0.4 is 0 Å². The monoisotopic (exact) mass is 410 g/mol. The topological polar surface area (TPSA) is 55.8 Å². The minimum absolute atomic E-state index is 0.0679. The average molecular weight is 411 g/mol. The van der Waals surface area contributed by atoms with Gasteiger partial charge < -0.3 is 14.6 Å². The lowest BCUT2D eigenvalue weighted by Gasteiger charge is -2.41. The molecule has 1 saturated heterocycles. The second-order valence-electron chi connectivity index (χ2n) is 7.66. The van der Waals surface area contributed by atoms with E-state index in [2.05, 4.69) is 22.0 Å². The lowest BCUT2D eigenvalue weighted by molar-refractivity contribution is -0.165. The van der Waals surface area contributed by atoms with E-state index in [0.717, 1.165) is 28.4 Å². The lowest BCUT2D eigenvalue weighted by Crippen LogP contribution is -2.41. The zero-order valence-electron chi connectivity index (χ0n) is 15.0. The molecule has 1 aliphatic carbocycles. The van der Waals surface area contributed by atoms with Gasteiger partial charge in [0.2, 0.25) is 0 Å². The summed E-state index contributed by atoms with van der Waals surface area (Å²) in [5.74, 6) is -1.10. The third-order valence-corrected chi connectivity index (χ3v) is 6.27. The van der Waals surface area contributed by atoms with Gasteiger partial charge in [0.15, 0.2) is 0 Å². The zero-order valence-corrected chi connectivity index (χ0v) is 16.5. The van der Waals surface area contributed by atoms with Gasteiger partial charge in [-0.3, -0.25) is 4.79 Å².